The summed E-state index contributed by atoms with van der Waals surface area (Å²) in [6, 6.07) is 0. The molecule has 0 aromatic heterocycles. The highest BCUT2D eigenvalue weighted by Crippen LogP contribution is 2.65. The SMILES string of the molecule is Cc1c(C)c2c(c(O)c1Br)C1(O)CC(C)(C)CC(C)(C1)C2O. The Balaban J connectivity index is 2.39. The predicted octanol–water partition coefficient (Wildman–Crippen LogP) is 4.22. The fourth-order valence-corrected chi connectivity index (χ4v) is 5.74. The van der Waals surface area contributed by atoms with Gasteiger partial charge in [-0.05, 0) is 71.1 Å². The second-order valence-electron chi connectivity index (χ2n) is 8.48. The van der Waals surface area contributed by atoms with Gasteiger partial charge in [-0.1, -0.05) is 20.8 Å². The minimum absolute atomic E-state index is 0.0828. The third-order valence-corrected chi connectivity index (χ3v) is 6.73. The van der Waals surface area contributed by atoms with Gasteiger partial charge in [0.05, 0.1) is 16.2 Å². The Morgan fingerprint density at radius 3 is 2.23 bits per heavy atom. The van der Waals surface area contributed by atoms with E-state index in [2.05, 4.69) is 36.7 Å². The molecule has 0 spiro atoms. The number of benzene rings is 1. The van der Waals surface area contributed by atoms with Gasteiger partial charge in [-0.3, -0.25) is 0 Å². The van der Waals surface area contributed by atoms with Crippen LogP contribution >= 0.6 is 15.9 Å². The van der Waals surface area contributed by atoms with E-state index >= 15 is 0 Å². The zero-order chi connectivity index (χ0) is 16.7. The lowest BCUT2D eigenvalue weighted by Gasteiger charge is -2.57. The van der Waals surface area contributed by atoms with E-state index in [-0.39, 0.29) is 16.6 Å². The van der Waals surface area contributed by atoms with Crippen molar-refractivity contribution in [2.75, 3.05) is 0 Å². The average molecular weight is 369 g/mol. The normalized spacial score (nSPS) is 36.1. The molecular formula is C18H25BrO3. The van der Waals surface area contributed by atoms with Crippen LogP contribution in [0.25, 0.3) is 0 Å². The van der Waals surface area contributed by atoms with E-state index in [0.29, 0.717) is 22.9 Å². The van der Waals surface area contributed by atoms with Gasteiger partial charge in [0, 0.05) is 11.0 Å². The van der Waals surface area contributed by atoms with Gasteiger partial charge in [0.25, 0.3) is 0 Å². The lowest BCUT2D eigenvalue weighted by atomic mass is 9.50. The summed E-state index contributed by atoms with van der Waals surface area (Å²) in [6.45, 7) is 10.2. The molecule has 122 valence electrons. The number of fused-ring (bicyclic) bond motifs is 4. The van der Waals surface area contributed by atoms with Crippen molar-refractivity contribution >= 4 is 15.9 Å². The fraction of sp³-hybridized carbons (Fsp3) is 0.667. The molecule has 2 bridgehead atoms. The minimum atomic E-state index is -1.09. The highest BCUT2D eigenvalue weighted by Gasteiger charge is 2.58. The van der Waals surface area contributed by atoms with Gasteiger partial charge < -0.3 is 15.3 Å². The third-order valence-electron chi connectivity index (χ3n) is 5.76. The first-order valence-electron chi connectivity index (χ1n) is 7.84. The number of halogens is 1. The number of phenols is 1. The molecule has 1 aromatic rings. The molecule has 3 N–H and O–H groups in total. The van der Waals surface area contributed by atoms with Crippen molar-refractivity contribution in [3.05, 3.63) is 26.7 Å². The van der Waals surface area contributed by atoms with Crippen molar-refractivity contribution in [3.8, 4) is 5.75 Å². The first-order valence-corrected chi connectivity index (χ1v) is 8.64. The predicted molar refractivity (Wildman–Crippen MR) is 89.9 cm³/mol. The van der Waals surface area contributed by atoms with Crippen molar-refractivity contribution in [1.82, 2.24) is 0 Å². The summed E-state index contributed by atoms with van der Waals surface area (Å²) in [6.07, 6.45) is 1.27. The van der Waals surface area contributed by atoms with Crippen LogP contribution in [0.2, 0.25) is 0 Å². The first kappa shape index (κ1) is 16.3. The first-order chi connectivity index (χ1) is 9.92. The molecule has 0 heterocycles. The zero-order valence-corrected chi connectivity index (χ0v) is 15.5. The van der Waals surface area contributed by atoms with E-state index in [1.165, 1.54) is 0 Å². The van der Waals surface area contributed by atoms with Crippen molar-refractivity contribution in [3.63, 3.8) is 0 Å². The molecule has 3 unspecified atom stereocenters. The van der Waals surface area contributed by atoms with Gasteiger partial charge in [-0.15, -0.1) is 0 Å². The molecule has 1 aromatic carbocycles. The number of aliphatic hydroxyl groups is 2. The number of aliphatic hydroxyl groups excluding tert-OH is 1. The van der Waals surface area contributed by atoms with Crippen LogP contribution in [0.5, 0.6) is 5.75 Å². The Bertz CT molecular complexity index is 667. The largest absolute Gasteiger partial charge is 0.506 e. The van der Waals surface area contributed by atoms with Gasteiger partial charge in [-0.25, -0.2) is 0 Å². The second-order valence-corrected chi connectivity index (χ2v) is 9.28. The number of hydrogen-bond acceptors (Lipinski definition) is 3. The van der Waals surface area contributed by atoms with Crippen LogP contribution in [0.15, 0.2) is 4.47 Å². The molecule has 2 aliphatic carbocycles. The number of rotatable bonds is 0. The molecule has 3 nitrogen and oxygen atoms in total. The summed E-state index contributed by atoms with van der Waals surface area (Å²) < 4.78 is 0.622. The monoisotopic (exact) mass is 368 g/mol. The Morgan fingerprint density at radius 2 is 1.64 bits per heavy atom. The molecule has 0 aliphatic heterocycles. The fourth-order valence-electron chi connectivity index (χ4n) is 5.24. The summed E-state index contributed by atoms with van der Waals surface area (Å²) in [5.41, 5.74) is 1.58. The lowest BCUT2D eigenvalue weighted by molar-refractivity contribution is -0.152. The number of aromatic hydroxyl groups is 1. The molecule has 0 saturated heterocycles. The third kappa shape index (κ3) is 2.00. The summed E-state index contributed by atoms with van der Waals surface area (Å²) >= 11 is 3.44. The van der Waals surface area contributed by atoms with Crippen molar-refractivity contribution in [2.24, 2.45) is 10.8 Å². The van der Waals surface area contributed by atoms with Crippen LogP contribution in [0.4, 0.5) is 0 Å². The van der Waals surface area contributed by atoms with E-state index in [4.69, 9.17) is 0 Å². The van der Waals surface area contributed by atoms with Crippen molar-refractivity contribution < 1.29 is 15.3 Å². The smallest absolute Gasteiger partial charge is 0.136 e. The van der Waals surface area contributed by atoms with E-state index in [0.717, 1.165) is 23.1 Å². The molecular weight excluding hydrogens is 344 g/mol. The highest BCUT2D eigenvalue weighted by molar-refractivity contribution is 9.10. The van der Waals surface area contributed by atoms with Gasteiger partial charge in [0.15, 0.2) is 0 Å². The van der Waals surface area contributed by atoms with E-state index < -0.39 is 11.7 Å². The molecule has 1 saturated carbocycles. The summed E-state index contributed by atoms with van der Waals surface area (Å²) in [4.78, 5) is 0. The average Bonchev–Trinajstić information content (AvgIpc) is 2.35. The van der Waals surface area contributed by atoms with Crippen LogP contribution in [-0.2, 0) is 5.60 Å². The van der Waals surface area contributed by atoms with E-state index in [9.17, 15) is 15.3 Å². The molecule has 4 heteroatoms. The molecule has 0 amide bonds. The van der Waals surface area contributed by atoms with Crippen molar-refractivity contribution in [2.45, 2.75) is 65.6 Å². The molecule has 1 fully saturated rings. The van der Waals surface area contributed by atoms with Gasteiger partial charge in [0.1, 0.15) is 5.75 Å². The van der Waals surface area contributed by atoms with Crippen LogP contribution in [0, 0.1) is 24.7 Å². The van der Waals surface area contributed by atoms with Crippen LogP contribution in [-0.4, -0.2) is 15.3 Å². The summed E-state index contributed by atoms with van der Waals surface area (Å²) in [5.74, 6) is 0.0828. The molecule has 0 radical (unpaired) electrons. The minimum Gasteiger partial charge on any atom is -0.506 e. The highest BCUT2D eigenvalue weighted by atomic mass is 79.9. The van der Waals surface area contributed by atoms with Gasteiger partial charge >= 0.3 is 0 Å². The maximum atomic E-state index is 11.4. The molecule has 3 rings (SSSR count). The Hall–Kier alpha value is -0.580. The molecule has 3 atom stereocenters. The lowest BCUT2D eigenvalue weighted by Crippen LogP contribution is -2.52. The quantitative estimate of drug-likeness (QED) is 0.642. The Labute approximate surface area is 140 Å². The van der Waals surface area contributed by atoms with Crippen LogP contribution in [0.3, 0.4) is 0 Å². The molecule has 2 aliphatic rings. The zero-order valence-electron chi connectivity index (χ0n) is 13.9. The maximum Gasteiger partial charge on any atom is 0.136 e. The Kier molecular flexibility index (Phi) is 3.32. The molecule has 22 heavy (non-hydrogen) atoms. The topological polar surface area (TPSA) is 60.7 Å². The van der Waals surface area contributed by atoms with Crippen LogP contribution in [0.1, 0.15) is 68.4 Å². The second kappa shape index (κ2) is 4.49. The standard InChI is InChI=1S/C18H25BrO3/c1-9-10(2)13(19)14(20)12-11(9)15(21)17(5)6-16(3,4)7-18(12,22)8-17/h15,20-22H,6-8H2,1-5H3. The number of phenolic OH excluding ortho intramolecular Hbond substituents is 1. The summed E-state index contributed by atoms with van der Waals surface area (Å²) in [5, 5.41) is 33.1. The maximum absolute atomic E-state index is 11.4. The van der Waals surface area contributed by atoms with Crippen LogP contribution < -0.4 is 0 Å². The van der Waals surface area contributed by atoms with Gasteiger partial charge in [0.2, 0.25) is 0 Å². The van der Waals surface area contributed by atoms with Crippen molar-refractivity contribution in [1.29, 1.82) is 0 Å². The van der Waals surface area contributed by atoms with Gasteiger partial charge in [-0.2, -0.15) is 0 Å². The summed E-state index contributed by atoms with van der Waals surface area (Å²) in [7, 11) is 0. The number of hydrogen-bond donors (Lipinski definition) is 3. The van der Waals surface area contributed by atoms with E-state index in [1.807, 2.05) is 13.8 Å². The Morgan fingerprint density at radius 1 is 1.05 bits per heavy atom. The van der Waals surface area contributed by atoms with E-state index in [1.54, 1.807) is 0 Å².